The largest absolute Gasteiger partial charge is 0.481 e. The standard InChI is InChI=1S/C17H17N3O2S/c1-10-5-4-6-16(11(10)2)22-12(3)17(21)18-13-7-8-14-15(9-13)20-23-19-14/h4-9,12H,1-3H3,(H,18,21)/t12-/m1/s1. The number of benzene rings is 2. The van der Waals surface area contributed by atoms with Crippen LogP contribution in [0.5, 0.6) is 5.75 Å². The van der Waals surface area contributed by atoms with Crippen molar-refractivity contribution < 1.29 is 9.53 Å². The fourth-order valence-corrected chi connectivity index (χ4v) is 2.72. The summed E-state index contributed by atoms with van der Waals surface area (Å²) < 4.78 is 14.1. The zero-order chi connectivity index (χ0) is 16.4. The highest BCUT2D eigenvalue weighted by molar-refractivity contribution is 7.00. The molecule has 3 rings (SSSR count). The Balaban J connectivity index is 1.70. The molecular formula is C17H17N3O2S. The molecule has 0 spiro atoms. The molecule has 0 bridgehead atoms. The molecule has 6 heteroatoms. The Hall–Kier alpha value is -2.47. The van der Waals surface area contributed by atoms with Gasteiger partial charge in [-0.3, -0.25) is 4.79 Å². The van der Waals surface area contributed by atoms with Gasteiger partial charge in [-0.25, -0.2) is 0 Å². The second-order valence-corrected chi connectivity index (χ2v) is 5.94. The number of amides is 1. The highest BCUT2D eigenvalue weighted by Gasteiger charge is 2.16. The van der Waals surface area contributed by atoms with Crippen LogP contribution < -0.4 is 10.1 Å². The van der Waals surface area contributed by atoms with Crippen molar-refractivity contribution in [2.45, 2.75) is 26.9 Å². The number of rotatable bonds is 4. The van der Waals surface area contributed by atoms with Crippen LogP contribution in [0.1, 0.15) is 18.1 Å². The third kappa shape index (κ3) is 3.32. The number of ether oxygens (including phenoxy) is 1. The predicted molar refractivity (Wildman–Crippen MR) is 92.1 cm³/mol. The summed E-state index contributed by atoms with van der Waals surface area (Å²) in [6, 6.07) is 11.3. The zero-order valence-electron chi connectivity index (χ0n) is 13.2. The summed E-state index contributed by atoms with van der Waals surface area (Å²) in [5.41, 5.74) is 4.47. The van der Waals surface area contributed by atoms with E-state index in [2.05, 4.69) is 14.1 Å². The molecule has 0 saturated carbocycles. The number of anilines is 1. The van der Waals surface area contributed by atoms with Gasteiger partial charge in [0.25, 0.3) is 5.91 Å². The van der Waals surface area contributed by atoms with Gasteiger partial charge in [0.15, 0.2) is 6.10 Å². The van der Waals surface area contributed by atoms with Crippen molar-refractivity contribution >= 4 is 34.4 Å². The number of nitrogens with zero attached hydrogens (tertiary/aromatic N) is 2. The fraction of sp³-hybridized carbons (Fsp3) is 0.235. The summed E-state index contributed by atoms with van der Waals surface area (Å²) in [6.45, 7) is 5.74. The van der Waals surface area contributed by atoms with Crippen LogP contribution in [0.4, 0.5) is 5.69 Å². The molecule has 23 heavy (non-hydrogen) atoms. The molecule has 118 valence electrons. The Labute approximate surface area is 138 Å². The lowest BCUT2D eigenvalue weighted by Crippen LogP contribution is -2.30. The lowest BCUT2D eigenvalue weighted by Gasteiger charge is -2.17. The lowest BCUT2D eigenvalue weighted by atomic mass is 10.1. The smallest absolute Gasteiger partial charge is 0.265 e. The van der Waals surface area contributed by atoms with E-state index >= 15 is 0 Å². The van der Waals surface area contributed by atoms with E-state index < -0.39 is 6.10 Å². The van der Waals surface area contributed by atoms with Crippen molar-refractivity contribution in [2.24, 2.45) is 0 Å². The van der Waals surface area contributed by atoms with Crippen LogP contribution in [0.25, 0.3) is 11.0 Å². The summed E-state index contributed by atoms with van der Waals surface area (Å²) in [5.74, 6) is 0.528. The van der Waals surface area contributed by atoms with Gasteiger partial charge < -0.3 is 10.1 Å². The number of aryl methyl sites for hydroxylation is 1. The van der Waals surface area contributed by atoms with Crippen molar-refractivity contribution in [1.82, 2.24) is 8.75 Å². The van der Waals surface area contributed by atoms with Crippen molar-refractivity contribution in [3.63, 3.8) is 0 Å². The van der Waals surface area contributed by atoms with Crippen LogP contribution >= 0.6 is 11.7 Å². The van der Waals surface area contributed by atoms with Gasteiger partial charge >= 0.3 is 0 Å². The first-order valence-electron chi connectivity index (χ1n) is 7.30. The van der Waals surface area contributed by atoms with Crippen LogP contribution in [0, 0.1) is 13.8 Å². The monoisotopic (exact) mass is 327 g/mol. The molecule has 0 saturated heterocycles. The number of carbonyl (C=O) groups excluding carboxylic acids is 1. The molecule has 3 aromatic rings. The normalized spacial score (nSPS) is 12.1. The van der Waals surface area contributed by atoms with Gasteiger partial charge in [-0.2, -0.15) is 8.75 Å². The van der Waals surface area contributed by atoms with E-state index in [-0.39, 0.29) is 5.91 Å². The molecular weight excluding hydrogens is 310 g/mol. The van der Waals surface area contributed by atoms with Crippen LogP contribution in [0.15, 0.2) is 36.4 Å². The second kappa shape index (κ2) is 6.34. The molecule has 1 N–H and O–H groups in total. The third-order valence-corrected chi connectivity index (χ3v) is 4.31. The molecule has 1 heterocycles. The highest BCUT2D eigenvalue weighted by Crippen LogP contribution is 2.22. The van der Waals surface area contributed by atoms with E-state index in [0.29, 0.717) is 5.69 Å². The molecule has 1 amide bonds. The molecule has 1 atom stereocenters. The summed E-state index contributed by atoms with van der Waals surface area (Å²) in [6.07, 6.45) is -0.597. The van der Waals surface area contributed by atoms with E-state index in [9.17, 15) is 4.79 Å². The average Bonchev–Trinajstić information content (AvgIpc) is 2.99. The summed E-state index contributed by atoms with van der Waals surface area (Å²) in [4.78, 5) is 12.3. The van der Waals surface area contributed by atoms with Crippen LogP contribution in [-0.4, -0.2) is 20.8 Å². The van der Waals surface area contributed by atoms with Crippen LogP contribution in [0.3, 0.4) is 0 Å². The van der Waals surface area contributed by atoms with Crippen molar-refractivity contribution in [3.8, 4) is 5.75 Å². The Bertz CT molecular complexity index is 860. The summed E-state index contributed by atoms with van der Waals surface area (Å²) in [7, 11) is 0. The van der Waals surface area contributed by atoms with E-state index in [1.54, 1.807) is 13.0 Å². The first-order chi connectivity index (χ1) is 11.0. The van der Waals surface area contributed by atoms with Gasteiger partial charge in [-0.05, 0) is 56.2 Å². The number of hydrogen-bond acceptors (Lipinski definition) is 5. The predicted octanol–water partition coefficient (Wildman–Crippen LogP) is 3.71. The van der Waals surface area contributed by atoms with E-state index in [1.807, 2.05) is 44.2 Å². The minimum atomic E-state index is -0.597. The number of aromatic nitrogens is 2. The Morgan fingerprint density at radius 2 is 1.96 bits per heavy atom. The summed E-state index contributed by atoms with van der Waals surface area (Å²) >= 11 is 1.15. The Morgan fingerprint density at radius 1 is 1.17 bits per heavy atom. The van der Waals surface area contributed by atoms with Gasteiger partial charge in [-0.1, -0.05) is 12.1 Å². The van der Waals surface area contributed by atoms with E-state index in [0.717, 1.165) is 39.6 Å². The number of fused-ring (bicyclic) bond motifs is 1. The van der Waals surface area contributed by atoms with Gasteiger partial charge in [0.05, 0.1) is 11.7 Å². The second-order valence-electron chi connectivity index (χ2n) is 5.42. The topological polar surface area (TPSA) is 64.1 Å². The Morgan fingerprint density at radius 3 is 2.78 bits per heavy atom. The number of carbonyl (C=O) groups is 1. The van der Waals surface area contributed by atoms with Crippen molar-refractivity contribution in [3.05, 3.63) is 47.5 Å². The number of hydrogen-bond donors (Lipinski definition) is 1. The van der Waals surface area contributed by atoms with Gasteiger partial charge in [0.1, 0.15) is 16.8 Å². The first-order valence-corrected chi connectivity index (χ1v) is 8.03. The molecule has 0 aliphatic heterocycles. The van der Waals surface area contributed by atoms with E-state index in [1.165, 1.54) is 0 Å². The number of nitrogens with one attached hydrogen (secondary N) is 1. The van der Waals surface area contributed by atoms with Gasteiger partial charge in [-0.15, -0.1) is 0 Å². The average molecular weight is 327 g/mol. The third-order valence-electron chi connectivity index (χ3n) is 3.75. The SMILES string of the molecule is Cc1cccc(O[C@H](C)C(=O)Nc2ccc3nsnc3c2)c1C. The Kier molecular flexibility index (Phi) is 4.25. The molecule has 0 aliphatic carbocycles. The molecule has 0 aliphatic rings. The van der Waals surface area contributed by atoms with Gasteiger partial charge in [0.2, 0.25) is 0 Å². The van der Waals surface area contributed by atoms with Crippen LogP contribution in [-0.2, 0) is 4.79 Å². The first kappa shape index (κ1) is 15.4. The van der Waals surface area contributed by atoms with Crippen molar-refractivity contribution in [2.75, 3.05) is 5.32 Å². The fourth-order valence-electron chi connectivity index (χ4n) is 2.20. The minimum Gasteiger partial charge on any atom is -0.481 e. The minimum absolute atomic E-state index is 0.201. The molecule has 0 radical (unpaired) electrons. The maximum Gasteiger partial charge on any atom is 0.265 e. The highest BCUT2D eigenvalue weighted by atomic mass is 32.1. The van der Waals surface area contributed by atoms with Crippen molar-refractivity contribution in [1.29, 1.82) is 0 Å². The zero-order valence-corrected chi connectivity index (χ0v) is 14.0. The lowest BCUT2D eigenvalue weighted by molar-refractivity contribution is -0.122. The molecule has 1 aromatic heterocycles. The van der Waals surface area contributed by atoms with E-state index in [4.69, 9.17) is 4.74 Å². The van der Waals surface area contributed by atoms with Gasteiger partial charge in [0, 0.05) is 5.69 Å². The van der Waals surface area contributed by atoms with Crippen LogP contribution in [0.2, 0.25) is 0 Å². The summed E-state index contributed by atoms with van der Waals surface area (Å²) in [5, 5.41) is 2.85. The molecule has 0 unspecified atom stereocenters. The quantitative estimate of drug-likeness (QED) is 0.793. The maximum atomic E-state index is 12.3. The maximum absolute atomic E-state index is 12.3. The molecule has 5 nitrogen and oxygen atoms in total. The molecule has 0 fully saturated rings. The molecule has 2 aromatic carbocycles.